The molecule has 1 heterocycles. The predicted molar refractivity (Wildman–Crippen MR) is 37.2 cm³/mol. The van der Waals surface area contributed by atoms with Crippen molar-refractivity contribution in [1.29, 1.82) is 0 Å². The number of esters is 1. The highest BCUT2D eigenvalue weighted by Crippen LogP contribution is 2.37. The normalized spacial score (nSPS) is 32.3. The van der Waals surface area contributed by atoms with Crippen molar-refractivity contribution in [2.24, 2.45) is 0 Å². The molecule has 1 saturated heterocycles. The van der Waals surface area contributed by atoms with Crippen molar-refractivity contribution in [3.8, 4) is 0 Å². The maximum Gasteiger partial charge on any atom is 0.320 e. The third-order valence-electron chi connectivity index (χ3n) is 1.14. The number of ether oxygens (including phenoxy) is 1. The van der Waals surface area contributed by atoms with Crippen molar-refractivity contribution < 1.29 is 9.53 Å². The van der Waals surface area contributed by atoms with Gasteiger partial charge in [-0.1, -0.05) is 0 Å². The largest absolute Gasteiger partial charge is 0.448 e. The van der Waals surface area contributed by atoms with Crippen molar-refractivity contribution >= 4 is 17.7 Å². The predicted octanol–water partition coefficient (Wildman–Crippen LogP) is 1.40. The van der Waals surface area contributed by atoms with Gasteiger partial charge in [-0.15, -0.1) is 11.8 Å². The van der Waals surface area contributed by atoms with Crippen molar-refractivity contribution in [1.82, 2.24) is 0 Å². The average molecular weight is 146 g/mol. The molecule has 0 aromatic heterocycles. The van der Waals surface area contributed by atoms with E-state index < -0.39 is 0 Å². The van der Waals surface area contributed by atoms with E-state index in [1.165, 1.54) is 0 Å². The van der Waals surface area contributed by atoms with Crippen LogP contribution in [0.5, 0.6) is 0 Å². The average Bonchev–Trinajstić information content (AvgIpc) is 1.79. The van der Waals surface area contributed by atoms with Crippen LogP contribution >= 0.6 is 11.8 Å². The molecule has 0 radical (unpaired) electrons. The van der Waals surface area contributed by atoms with Gasteiger partial charge in [0.2, 0.25) is 0 Å². The van der Waals surface area contributed by atoms with E-state index in [0.29, 0.717) is 0 Å². The van der Waals surface area contributed by atoms with E-state index >= 15 is 0 Å². The Balaban J connectivity index is 2.65. The summed E-state index contributed by atoms with van der Waals surface area (Å²) in [6, 6.07) is 0. The Bertz CT molecular complexity index is 142. The molecule has 9 heavy (non-hydrogen) atoms. The molecular weight excluding hydrogens is 136 g/mol. The van der Waals surface area contributed by atoms with Crippen LogP contribution in [-0.4, -0.2) is 16.2 Å². The smallest absolute Gasteiger partial charge is 0.320 e. The van der Waals surface area contributed by atoms with Crippen molar-refractivity contribution in [2.45, 2.75) is 31.0 Å². The summed E-state index contributed by atoms with van der Waals surface area (Å²) in [4.78, 5) is 10.5. The van der Waals surface area contributed by atoms with Crippen molar-refractivity contribution in [3.05, 3.63) is 0 Å². The third-order valence-corrected chi connectivity index (χ3v) is 2.34. The Morgan fingerprint density at radius 1 is 1.67 bits per heavy atom. The minimum atomic E-state index is -0.295. The van der Waals surface area contributed by atoms with Gasteiger partial charge in [0.15, 0.2) is 4.93 Å². The van der Waals surface area contributed by atoms with Crippen LogP contribution in [0.3, 0.4) is 0 Å². The van der Waals surface area contributed by atoms with Gasteiger partial charge in [0, 0.05) is 0 Å². The molecule has 2 nitrogen and oxygen atoms in total. The fourth-order valence-corrected chi connectivity index (χ4v) is 1.95. The van der Waals surface area contributed by atoms with Crippen LogP contribution in [0.4, 0.5) is 0 Å². The molecule has 1 unspecified atom stereocenters. The molecule has 0 spiro atoms. The summed E-state index contributed by atoms with van der Waals surface area (Å²) < 4.78 is 4.98. The Kier molecular flexibility index (Phi) is 1.47. The van der Waals surface area contributed by atoms with Crippen molar-refractivity contribution in [2.75, 3.05) is 0 Å². The highest BCUT2D eigenvalue weighted by Gasteiger charge is 2.37. The summed E-state index contributed by atoms with van der Waals surface area (Å²) in [5.41, 5.74) is 0. The lowest BCUT2D eigenvalue weighted by Gasteiger charge is -2.13. The standard InChI is InChI=1S/C6H10O2S/c1-4-5(7)8-6(2,3)9-4/h4H,1-3H3. The van der Waals surface area contributed by atoms with Gasteiger partial charge in [-0.3, -0.25) is 4.79 Å². The number of carbonyl (C=O) groups excluding carboxylic acids is 1. The van der Waals surface area contributed by atoms with Gasteiger partial charge >= 0.3 is 5.97 Å². The molecule has 3 heteroatoms. The highest BCUT2D eigenvalue weighted by molar-refractivity contribution is 8.02. The number of rotatable bonds is 0. The van der Waals surface area contributed by atoms with Crippen LogP contribution < -0.4 is 0 Å². The summed E-state index contributed by atoms with van der Waals surface area (Å²) in [5, 5.41) is 0.0139. The molecule has 0 amide bonds. The second-order valence-electron chi connectivity index (χ2n) is 2.58. The lowest BCUT2D eigenvalue weighted by Crippen LogP contribution is -2.14. The zero-order chi connectivity index (χ0) is 7.07. The topological polar surface area (TPSA) is 26.3 Å². The molecule has 1 atom stereocenters. The maximum atomic E-state index is 10.7. The Morgan fingerprint density at radius 3 is 2.33 bits per heavy atom. The van der Waals surface area contributed by atoms with Crippen molar-refractivity contribution in [3.63, 3.8) is 0 Å². The van der Waals surface area contributed by atoms with Gasteiger partial charge in [-0.25, -0.2) is 0 Å². The second-order valence-corrected chi connectivity index (χ2v) is 4.51. The number of thioether (sulfide) groups is 1. The molecule has 0 N–H and O–H groups in total. The summed E-state index contributed by atoms with van der Waals surface area (Å²) in [6.45, 7) is 5.67. The monoisotopic (exact) mass is 146 g/mol. The van der Waals surface area contributed by atoms with Gasteiger partial charge < -0.3 is 4.74 Å². The molecule has 0 aliphatic carbocycles. The summed E-state index contributed by atoms with van der Waals surface area (Å²) in [7, 11) is 0. The molecule has 1 fully saturated rings. The first kappa shape index (κ1) is 6.93. The van der Waals surface area contributed by atoms with Crippen LogP contribution in [0.25, 0.3) is 0 Å². The van der Waals surface area contributed by atoms with Crippen LogP contribution in [-0.2, 0) is 9.53 Å². The summed E-state index contributed by atoms with van der Waals surface area (Å²) in [6.07, 6.45) is 0. The lowest BCUT2D eigenvalue weighted by molar-refractivity contribution is -0.145. The van der Waals surface area contributed by atoms with Crippen LogP contribution in [0, 0.1) is 0 Å². The molecule has 1 aliphatic rings. The van der Waals surface area contributed by atoms with E-state index in [1.807, 2.05) is 20.8 Å². The first-order valence-electron chi connectivity index (χ1n) is 2.92. The minimum Gasteiger partial charge on any atom is -0.448 e. The van der Waals surface area contributed by atoms with Crippen LogP contribution in [0.1, 0.15) is 20.8 Å². The van der Waals surface area contributed by atoms with E-state index in [1.54, 1.807) is 11.8 Å². The first-order chi connectivity index (χ1) is 4.01. The van der Waals surface area contributed by atoms with Crippen LogP contribution in [0.15, 0.2) is 0 Å². The minimum absolute atomic E-state index is 0.0139. The quantitative estimate of drug-likeness (QED) is 0.483. The summed E-state index contributed by atoms with van der Waals surface area (Å²) >= 11 is 1.56. The van der Waals surface area contributed by atoms with Gasteiger partial charge in [0.05, 0.1) is 0 Å². The third kappa shape index (κ3) is 1.39. The zero-order valence-electron chi connectivity index (χ0n) is 5.80. The lowest BCUT2D eigenvalue weighted by atomic mass is 10.4. The van der Waals surface area contributed by atoms with Gasteiger partial charge in [0.1, 0.15) is 5.25 Å². The number of hydrogen-bond donors (Lipinski definition) is 0. The molecular formula is C6H10O2S. The maximum absolute atomic E-state index is 10.7. The van der Waals surface area contributed by atoms with Gasteiger partial charge in [0.25, 0.3) is 0 Å². The molecule has 0 bridgehead atoms. The number of carbonyl (C=O) groups is 1. The Labute approximate surface area is 59.0 Å². The van der Waals surface area contributed by atoms with E-state index in [-0.39, 0.29) is 16.2 Å². The van der Waals surface area contributed by atoms with E-state index in [2.05, 4.69) is 0 Å². The molecule has 0 saturated carbocycles. The fraction of sp³-hybridized carbons (Fsp3) is 0.833. The van der Waals surface area contributed by atoms with Gasteiger partial charge in [-0.05, 0) is 20.8 Å². The van der Waals surface area contributed by atoms with E-state index in [9.17, 15) is 4.79 Å². The van der Waals surface area contributed by atoms with E-state index in [4.69, 9.17) is 4.74 Å². The van der Waals surface area contributed by atoms with Gasteiger partial charge in [-0.2, -0.15) is 0 Å². The van der Waals surface area contributed by atoms with Crippen LogP contribution in [0.2, 0.25) is 0 Å². The Hall–Kier alpha value is -0.180. The SMILES string of the molecule is CC1SC(C)(C)OC1=O. The van der Waals surface area contributed by atoms with E-state index in [0.717, 1.165) is 0 Å². The molecule has 1 rings (SSSR count). The molecule has 1 aliphatic heterocycles. The molecule has 52 valence electrons. The molecule has 0 aromatic carbocycles. The summed E-state index contributed by atoms with van der Waals surface area (Å²) in [5.74, 6) is -0.0926. The first-order valence-corrected chi connectivity index (χ1v) is 3.80. The molecule has 0 aromatic rings. The Morgan fingerprint density at radius 2 is 2.22 bits per heavy atom. The second kappa shape index (κ2) is 1.90. The fourth-order valence-electron chi connectivity index (χ4n) is 0.823. The zero-order valence-corrected chi connectivity index (χ0v) is 6.62. The highest BCUT2D eigenvalue weighted by atomic mass is 32.2. The number of cyclic esters (lactones) is 1. The number of hydrogen-bond acceptors (Lipinski definition) is 3.